The van der Waals surface area contributed by atoms with E-state index >= 15 is 0 Å². The first-order valence-corrected chi connectivity index (χ1v) is 10.9. The van der Waals surface area contributed by atoms with E-state index in [1.807, 2.05) is 0 Å². The fraction of sp³-hybridized carbons (Fsp3) is 0.421. The molecule has 2 aliphatic heterocycles. The lowest BCUT2D eigenvalue weighted by atomic mass is 10.1. The summed E-state index contributed by atoms with van der Waals surface area (Å²) in [5.41, 5.74) is 0.614. The Labute approximate surface area is 177 Å². The second-order valence-electron chi connectivity index (χ2n) is 6.47. The molecule has 2 atom stereocenters. The molecule has 0 saturated carbocycles. The van der Waals surface area contributed by atoms with E-state index in [0.29, 0.717) is 28.6 Å². The minimum absolute atomic E-state index is 0.0122. The Hall–Kier alpha value is -2.17. The summed E-state index contributed by atoms with van der Waals surface area (Å²) in [6, 6.07) is 4.88. The maximum absolute atomic E-state index is 12.7. The predicted octanol–water partition coefficient (Wildman–Crippen LogP) is 1.72. The number of benzene rings is 1. The van der Waals surface area contributed by atoms with Gasteiger partial charge in [0.1, 0.15) is 11.5 Å². The summed E-state index contributed by atoms with van der Waals surface area (Å²) in [4.78, 5) is 38.3. The molecule has 0 aromatic heterocycles. The Morgan fingerprint density at radius 2 is 2.10 bits per heavy atom. The van der Waals surface area contributed by atoms with Gasteiger partial charge in [-0.1, -0.05) is 0 Å². The third kappa shape index (κ3) is 5.06. The number of nitrogens with zero attached hydrogens (tertiary/aromatic N) is 1. The highest BCUT2D eigenvalue weighted by molar-refractivity contribution is 8.18. The van der Waals surface area contributed by atoms with Crippen molar-refractivity contribution in [3.05, 3.63) is 28.7 Å². The normalized spacial score (nSPS) is 23.0. The highest BCUT2D eigenvalue weighted by atomic mass is 32.2. The first-order chi connectivity index (χ1) is 13.9. The topological polar surface area (TPSA) is 105 Å². The lowest BCUT2D eigenvalue weighted by Crippen LogP contribution is -2.43. The minimum Gasteiger partial charge on any atom is -0.497 e. The molecular weight excluding hydrogens is 416 g/mol. The first kappa shape index (κ1) is 21.5. The Kier molecular flexibility index (Phi) is 7.09. The van der Waals surface area contributed by atoms with Crippen molar-refractivity contribution in [2.45, 2.75) is 18.6 Å². The molecule has 0 unspecified atom stereocenters. The zero-order valence-electron chi connectivity index (χ0n) is 16.0. The van der Waals surface area contributed by atoms with Gasteiger partial charge in [-0.15, -0.1) is 0 Å². The monoisotopic (exact) mass is 438 g/mol. The molecule has 29 heavy (non-hydrogen) atoms. The Morgan fingerprint density at radius 1 is 1.31 bits per heavy atom. The molecule has 156 valence electrons. The maximum atomic E-state index is 12.7. The molecule has 0 spiro atoms. The van der Waals surface area contributed by atoms with Crippen molar-refractivity contribution in [2.24, 2.45) is 0 Å². The van der Waals surface area contributed by atoms with E-state index in [4.69, 9.17) is 9.47 Å². The standard InChI is InChI=1S/C19H22N2O6S2/c1-26-12-3-4-15(27-2)11(7-12)8-16-18(24)21(19(25)29-16)6-5-17(23)20-13-9-28-10-14(13)22/h3-4,7-8,13-14,22H,5-6,9-10H2,1-2H3,(H,20,23)/b16-8-/t13-,14+/m1/s1. The average molecular weight is 439 g/mol. The maximum Gasteiger partial charge on any atom is 0.293 e. The van der Waals surface area contributed by atoms with E-state index in [0.717, 1.165) is 16.7 Å². The van der Waals surface area contributed by atoms with E-state index in [1.54, 1.807) is 36.0 Å². The van der Waals surface area contributed by atoms with Crippen LogP contribution in [0.2, 0.25) is 0 Å². The van der Waals surface area contributed by atoms with Crippen LogP contribution in [0.15, 0.2) is 23.1 Å². The number of nitrogens with one attached hydrogen (secondary N) is 1. The van der Waals surface area contributed by atoms with Crippen LogP contribution in [0.1, 0.15) is 12.0 Å². The van der Waals surface area contributed by atoms with Crippen LogP contribution >= 0.6 is 23.5 Å². The van der Waals surface area contributed by atoms with Crippen LogP contribution in [-0.2, 0) is 9.59 Å². The molecule has 0 aliphatic carbocycles. The predicted molar refractivity (Wildman–Crippen MR) is 112 cm³/mol. The van der Waals surface area contributed by atoms with Gasteiger partial charge in [-0.05, 0) is 36.0 Å². The van der Waals surface area contributed by atoms with Gasteiger partial charge in [-0.25, -0.2) is 0 Å². The van der Waals surface area contributed by atoms with E-state index in [9.17, 15) is 19.5 Å². The van der Waals surface area contributed by atoms with Crippen LogP contribution in [-0.4, -0.2) is 71.5 Å². The molecular formula is C19H22N2O6S2. The molecule has 2 saturated heterocycles. The summed E-state index contributed by atoms with van der Waals surface area (Å²) in [6.07, 6.45) is 1.00. The third-order valence-corrected chi connectivity index (χ3v) is 6.64. The van der Waals surface area contributed by atoms with Gasteiger partial charge in [-0.2, -0.15) is 11.8 Å². The number of ether oxygens (including phenoxy) is 2. The second-order valence-corrected chi connectivity index (χ2v) is 8.54. The number of hydrogen-bond acceptors (Lipinski definition) is 8. The smallest absolute Gasteiger partial charge is 0.293 e. The van der Waals surface area contributed by atoms with Crippen LogP contribution in [0.5, 0.6) is 11.5 Å². The number of methoxy groups -OCH3 is 2. The van der Waals surface area contributed by atoms with E-state index in [-0.39, 0.29) is 29.8 Å². The van der Waals surface area contributed by atoms with E-state index < -0.39 is 17.3 Å². The number of rotatable bonds is 7. The van der Waals surface area contributed by atoms with Gasteiger partial charge in [0.15, 0.2) is 0 Å². The molecule has 2 heterocycles. The number of hydrogen-bond donors (Lipinski definition) is 2. The van der Waals surface area contributed by atoms with Gasteiger partial charge in [0.25, 0.3) is 11.1 Å². The SMILES string of the molecule is COc1ccc(OC)c(/C=C2\SC(=O)N(CCC(=O)N[C@@H]3CSC[C@@H]3O)C2=O)c1. The molecule has 1 aromatic carbocycles. The molecule has 8 nitrogen and oxygen atoms in total. The number of imide groups is 1. The van der Waals surface area contributed by atoms with Crippen molar-refractivity contribution >= 4 is 46.7 Å². The van der Waals surface area contributed by atoms with Crippen molar-refractivity contribution in [3.63, 3.8) is 0 Å². The Bertz CT molecular complexity index is 844. The molecule has 2 fully saturated rings. The minimum atomic E-state index is -0.568. The van der Waals surface area contributed by atoms with E-state index in [1.165, 1.54) is 14.2 Å². The summed E-state index contributed by atoms with van der Waals surface area (Å²) in [7, 11) is 3.05. The summed E-state index contributed by atoms with van der Waals surface area (Å²) in [5, 5.41) is 12.1. The quantitative estimate of drug-likeness (QED) is 0.620. The Balaban J connectivity index is 1.65. The van der Waals surface area contributed by atoms with Gasteiger partial charge in [-0.3, -0.25) is 19.3 Å². The molecule has 2 N–H and O–H groups in total. The number of thioether (sulfide) groups is 2. The lowest BCUT2D eigenvalue weighted by Gasteiger charge is -2.17. The average Bonchev–Trinajstić information content (AvgIpc) is 3.22. The summed E-state index contributed by atoms with van der Waals surface area (Å²) >= 11 is 2.39. The molecule has 2 aliphatic rings. The summed E-state index contributed by atoms with van der Waals surface area (Å²) in [6.45, 7) is -0.0148. The lowest BCUT2D eigenvalue weighted by molar-refractivity contribution is -0.124. The number of amides is 3. The number of carbonyl (C=O) groups excluding carboxylic acids is 3. The Morgan fingerprint density at radius 3 is 2.76 bits per heavy atom. The van der Waals surface area contributed by atoms with Gasteiger partial charge >= 0.3 is 0 Å². The van der Waals surface area contributed by atoms with E-state index in [2.05, 4.69) is 5.32 Å². The molecule has 0 bridgehead atoms. The summed E-state index contributed by atoms with van der Waals surface area (Å²) < 4.78 is 10.5. The molecule has 0 radical (unpaired) electrons. The number of aliphatic hydroxyl groups excluding tert-OH is 1. The first-order valence-electron chi connectivity index (χ1n) is 8.95. The zero-order chi connectivity index (χ0) is 21.0. The van der Waals surface area contributed by atoms with Crippen molar-refractivity contribution in [2.75, 3.05) is 32.3 Å². The van der Waals surface area contributed by atoms with Gasteiger partial charge < -0.3 is 19.9 Å². The molecule has 3 amide bonds. The highest BCUT2D eigenvalue weighted by Gasteiger charge is 2.35. The largest absolute Gasteiger partial charge is 0.497 e. The van der Waals surface area contributed by atoms with Crippen LogP contribution in [0.4, 0.5) is 4.79 Å². The van der Waals surface area contributed by atoms with Crippen LogP contribution in [0.25, 0.3) is 6.08 Å². The fourth-order valence-corrected chi connectivity index (χ4v) is 4.98. The zero-order valence-corrected chi connectivity index (χ0v) is 17.7. The van der Waals surface area contributed by atoms with Gasteiger partial charge in [0, 0.05) is 30.0 Å². The van der Waals surface area contributed by atoms with Crippen LogP contribution in [0.3, 0.4) is 0 Å². The second kappa shape index (κ2) is 9.55. The van der Waals surface area contributed by atoms with Crippen LogP contribution < -0.4 is 14.8 Å². The van der Waals surface area contributed by atoms with Gasteiger partial charge in [0.2, 0.25) is 5.91 Å². The van der Waals surface area contributed by atoms with Gasteiger partial charge in [0.05, 0.1) is 31.3 Å². The van der Waals surface area contributed by atoms with Crippen molar-refractivity contribution < 1.29 is 29.0 Å². The fourth-order valence-electron chi connectivity index (χ4n) is 2.96. The van der Waals surface area contributed by atoms with Crippen molar-refractivity contribution in [1.29, 1.82) is 0 Å². The van der Waals surface area contributed by atoms with Crippen molar-refractivity contribution in [1.82, 2.24) is 10.2 Å². The third-order valence-electron chi connectivity index (χ3n) is 4.56. The summed E-state index contributed by atoms with van der Waals surface area (Å²) in [5.74, 6) is 1.64. The number of carbonyl (C=O) groups is 3. The van der Waals surface area contributed by atoms with Crippen molar-refractivity contribution in [3.8, 4) is 11.5 Å². The molecule has 1 aromatic rings. The highest BCUT2D eigenvalue weighted by Crippen LogP contribution is 2.35. The van der Waals surface area contributed by atoms with Crippen LogP contribution in [0, 0.1) is 0 Å². The molecule has 10 heteroatoms. The molecule has 3 rings (SSSR count). The number of aliphatic hydroxyl groups is 1.